The Morgan fingerprint density at radius 1 is 1.24 bits per heavy atom. The van der Waals surface area contributed by atoms with Crippen LogP contribution in [-0.2, 0) is 4.79 Å². The van der Waals surface area contributed by atoms with Crippen molar-refractivity contribution in [3.63, 3.8) is 0 Å². The van der Waals surface area contributed by atoms with Gasteiger partial charge in [-0.25, -0.2) is 0 Å². The summed E-state index contributed by atoms with van der Waals surface area (Å²) in [5, 5.41) is 3.42. The number of nitrogens with one attached hydrogen (secondary N) is 3. The molecule has 3 N–H and O–H groups in total. The minimum absolute atomic E-state index is 0.0645. The molecule has 1 aromatic carbocycles. The zero-order valence-corrected chi connectivity index (χ0v) is 13.1. The number of thiocarbonyl (C=S) groups is 1. The number of hydrogen-bond donors (Lipinski definition) is 3. The van der Waals surface area contributed by atoms with Gasteiger partial charge in [0.2, 0.25) is 0 Å². The predicted octanol–water partition coefficient (Wildman–Crippen LogP) is 1.80. The van der Waals surface area contributed by atoms with Crippen molar-refractivity contribution in [2.24, 2.45) is 0 Å². The van der Waals surface area contributed by atoms with Crippen LogP contribution in [-0.4, -0.2) is 35.6 Å². The van der Waals surface area contributed by atoms with Crippen LogP contribution >= 0.6 is 12.2 Å². The molecule has 1 aromatic rings. The number of anilines is 1. The molecule has 1 aliphatic rings. The molecule has 0 bridgehead atoms. The van der Waals surface area contributed by atoms with E-state index in [4.69, 9.17) is 12.2 Å². The van der Waals surface area contributed by atoms with E-state index in [0.717, 1.165) is 24.3 Å². The molecule has 1 aliphatic heterocycles. The highest BCUT2D eigenvalue weighted by molar-refractivity contribution is 7.80. The van der Waals surface area contributed by atoms with Crippen LogP contribution in [0.1, 0.15) is 24.8 Å². The fourth-order valence-electron chi connectivity index (χ4n) is 2.37. The van der Waals surface area contributed by atoms with Gasteiger partial charge in [-0.3, -0.25) is 20.5 Å². The van der Waals surface area contributed by atoms with E-state index >= 15 is 0 Å². The molecule has 1 heterocycles. The molecule has 1 amide bonds. The molecule has 5 nitrogen and oxygen atoms in total. The lowest BCUT2D eigenvalue weighted by molar-refractivity contribution is -0.123. The number of piperidine rings is 1. The number of amides is 1. The summed E-state index contributed by atoms with van der Waals surface area (Å²) in [4.78, 5) is 14.0. The van der Waals surface area contributed by atoms with Gasteiger partial charge in [0, 0.05) is 5.69 Å². The van der Waals surface area contributed by atoms with Crippen molar-refractivity contribution in [1.82, 2.24) is 15.8 Å². The molecule has 0 atom stereocenters. The number of aryl methyl sites for hydroxylation is 1. The van der Waals surface area contributed by atoms with E-state index in [1.165, 1.54) is 19.3 Å². The maximum atomic E-state index is 11.8. The second-order valence-corrected chi connectivity index (χ2v) is 5.74. The maximum Gasteiger partial charge on any atom is 0.252 e. The molecule has 0 spiro atoms. The largest absolute Gasteiger partial charge is 0.331 e. The summed E-state index contributed by atoms with van der Waals surface area (Å²) in [6.45, 7) is 4.43. The van der Waals surface area contributed by atoms with Crippen LogP contribution in [0, 0.1) is 6.92 Å². The Bertz CT molecular complexity index is 500. The summed E-state index contributed by atoms with van der Waals surface area (Å²) < 4.78 is 0. The van der Waals surface area contributed by atoms with E-state index in [1.54, 1.807) is 0 Å². The summed E-state index contributed by atoms with van der Waals surface area (Å²) in [5.74, 6) is -0.0645. The van der Waals surface area contributed by atoms with Crippen LogP contribution in [0.2, 0.25) is 0 Å². The highest BCUT2D eigenvalue weighted by Gasteiger charge is 2.13. The average Bonchev–Trinajstić information content (AvgIpc) is 2.46. The first-order valence-electron chi connectivity index (χ1n) is 7.28. The third-order valence-corrected chi connectivity index (χ3v) is 3.61. The second-order valence-electron chi connectivity index (χ2n) is 5.33. The van der Waals surface area contributed by atoms with Gasteiger partial charge in [-0.05, 0) is 62.8 Å². The summed E-state index contributed by atoms with van der Waals surface area (Å²) in [6, 6.07) is 7.89. The van der Waals surface area contributed by atoms with E-state index in [2.05, 4.69) is 21.1 Å². The Balaban J connectivity index is 1.69. The first-order valence-corrected chi connectivity index (χ1v) is 7.69. The number of benzene rings is 1. The Morgan fingerprint density at radius 3 is 2.71 bits per heavy atom. The zero-order valence-electron chi connectivity index (χ0n) is 12.3. The first-order chi connectivity index (χ1) is 10.1. The normalized spacial score (nSPS) is 15.3. The van der Waals surface area contributed by atoms with Gasteiger partial charge >= 0.3 is 0 Å². The smallest absolute Gasteiger partial charge is 0.252 e. The third-order valence-electron chi connectivity index (χ3n) is 3.41. The van der Waals surface area contributed by atoms with Gasteiger partial charge in [0.15, 0.2) is 5.11 Å². The quantitative estimate of drug-likeness (QED) is 0.587. The average molecular weight is 306 g/mol. The number of carbonyl (C=O) groups is 1. The van der Waals surface area contributed by atoms with Crippen molar-refractivity contribution in [1.29, 1.82) is 0 Å². The van der Waals surface area contributed by atoms with E-state index in [-0.39, 0.29) is 5.91 Å². The predicted molar refractivity (Wildman–Crippen MR) is 89.0 cm³/mol. The van der Waals surface area contributed by atoms with E-state index < -0.39 is 0 Å². The van der Waals surface area contributed by atoms with Crippen LogP contribution in [0.5, 0.6) is 0 Å². The van der Waals surface area contributed by atoms with Crippen molar-refractivity contribution in [2.45, 2.75) is 26.2 Å². The van der Waals surface area contributed by atoms with Crippen molar-refractivity contribution >= 4 is 28.9 Å². The van der Waals surface area contributed by atoms with Crippen LogP contribution in [0.15, 0.2) is 24.3 Å². The van der Waals surface area contributed by atoms with Crippen molar-refractivity contribution in [2.75, 3.05) is 25.0 Å². The van der Waals surface area contributed by atoms with Crippen LogP contribution in [0.3, 0.4) is 0 Å². The standard InChI is InChI=1S/C15H22N4OS/c1-12-6-5-7-13(10-12)16-15(21)18-17-14(20)11-19-8-3-2-4-9-19/h5-7,10H,2-4,8-9,11H2,1H3,(H,17,20)(H2,16,18,21). The fourth-order valence-corrected chi connectivity index (χ4v) is 2.54. The molecule has 21 heavy (non-hydrogen) atoms. The lowest BCUT2D eigenvalue weighted by Gasteiger charge is -2.25. The fraction of sp³-hybridized carbons (Fsp3) is 0.467. The van der Waals surface area contributed by atoms with Gasteiger partial charge < -0.3 is 5.32 Å². The van der Waals surface area contributed by atoms with Crippen molar-refractivity contribution in [3.8, 4) is 0 Å². The Hall–Kier alpha value is -1.66. The molecule has 0 radical (unpaired) electrons. The molecule has 1 saturated heterocycles. The van der Waals surface area contributed by atoms with Gasteiger partial charge in [0.05, 0.1) is 6.54 Å². The lowest BCUT2D eigenvalue weighted by atomic mass is 10.1. The lowest BCUT2D eigenvalue weighted by Crippen LogP contribution is -2.48. The highest BCUT2D eigenvalue weighted by atomic mass is 32.1. The number of hydrogen-bond acceptors (Lipinski definition) is 3. The maximum absolute atomic E-state index is 11.8. The van der Waals surface area contributed by atoms with Gasteiger partial charge in [-0.2, -0.15) is 0 Å². The monoisotopic (exact) mass is 306 g/mol. The SMILES string of the molecule is Cc1cccc(NC(=S)NNC(=O)CN2CCCCC2)c1. The number of nitrogens with zero attached hydrogens (tertiary/aromatic N) is 1. The number of hydrazine groups is 1. The molecular formula is C15H22N4OS. The zero-order chi connectivity index (χ0) is 15.1. The Morgan fingerprint density at radius 2 is 2.00 bits per heavy atom. The molecule has 6 heteroatoms. The number of carbonyl (C=O) groups excluding carboxylic acids is 1. The minimum Gasteiger partial charge on any atom is -0.331 e. The van der Waals surface area contributed by atoms with Crippen LogP contribution < -0.4 is 16.2 Å². The van der Waals surface area contributed by atoms with Crippen LogP contribution in [0.4, 0.5) is 5.69 Å². The van der Waals surface area contributed by atoms with Gasteiger partial charge in [0.25, 0.3) is 5.91 Å². The number of likely N-dealkylation sites (tertiary alicyclic amines) is 1. The minimum atomic E-state index is -0.0645. The summed E-state index contributed by atoms with van der Waals surface area (Å²) in [7, 11) is 0. The molecule has 0 unspecified atom stereocenters. The summed E-state index contributed by atoms with van der Waals surface area (Å²) in [6.07, 6.45) is 3.61. The summed E-state index contributed by atoms with van der Waals surface area (Å²) >= 11 is 5.15. The van der Waals surface area contributed by atoms with Crippen molar-refractivity contribution < 1.29 is 4.79 Å². The van der Waals surface area contributed by atoms with E-state index in [0.29, 0.717) is 11.7 Å². The van der Waals surface area contributed by atoms with Gasteiger partial charge in [-0.1, -0.05) is 18.6 Å². The second kappa shape index (κ2) is 7.95. The van der Waals surface area contributed by atoms with Crippen molar-refractivity contribution in [3.05, 3.63) is 29.8 Å². The van der Waals surface area contributed by atoms with Crippen LogP contribution in [0.25, 0.3) is 0 Å². The third kappa shape index (κ3) is 5.69. The molecule has 2 rings (SSSR count). The molecule has 114 valence electrons. The Kier molecular flexibility index (Phi) is 5.95. The summed E-state index contributed by atoms with van der Waals surface area (Å²) in [5.41, 5.74) is 7.42. The number of rotatable bonds is 3. The van der Waals surface area contributed by atoms with Gasteiger partial charge in [0.1, 0.15) is 0 Å². The Labute approximate surface area is 131 Å². The molecule has 0 aromatic heterocycles. The van der Waals surface area contributed by atoms with E-state index in [9.17, 15) is 4.79 Å². The highest BCUT2D eigenvalue weighted by Crippen LogP contribution is 2.09. The molecular weight excluding hydrogens is 284 g/mol. The molecule has 1 fully saturated rings. The first kappa shape index (κ1) is 15.7. The molecule has 0 aliphatic carbocycles. The van der Waals surface area contributed by atoms with E-state index in [1.807, 2.05) is 31.2 Å². The topological polar surface area (TPSA) is 56.4 Å². The van der Waals surface area contributed by atoms with Gasteiger partial charge in [-0.15, -0.1) is 0 Å². The molecule has 0 saturated carbocycles.